The summed E-state index contributed by atoms with van der Waals surface area (Å²) in [5.41, 5.74) is 1.60. The Kier molecular flexibility index (Phi) is 8.14. The number of benzene rings is 1. The first-order valence-electron chi connectivity index (χ1n) is 11.5. The van der Waals surface area contributed by atoms with Crippen molar-refractivity contribution in [2.24, 2.45) is 0 Å². The number of H-pyrrole nitrogens is 1. The fourth-order valence-electron chi connectivity index (χ4n) is 3.78. The summed E-state index contributed by atoms with van der Waals surface area (Å²) in [6.45, 7) is 5.28. The maximum atomic E-state index is 13.7. The summed E-state index contributed by atoms with van der Waals surface area (Å²) in [7, 11) is -1.16. The molecule has 0 radical (unpaired) electrons. The lowest BCUT2D eigenvalue weighted by atomic mass is 10.2. The molecule has 0 unspecified atom stereocenters. The van der Waals surface area contributed by atoms with Crippen LogP contribution < -0.4 is 14.2 Å². The third-order valence-corrected chi connectivity index (χ3v) is 7.51. The second-order valence-electron chi connectivity index (χ2n) is 8.10. The number of aromatic nitrogens is 7. The van der Waals surface area contributed by atoms with E-state index >= 15 is 0 Å². The normalized spacial score (nSPS) is 13.2. The number of sulfonamides is 1. The molecule has 15 heteroatoms. The van der Waals surface area contributed by atoms with Gasteiger partial charge in [0, 0.05) is 19.0 Å². The van der Waals surface area contributed by atoms with Gasteiger partial charge in [-0.05, 0) is 39.0 Å². The van der Waals surface area contributed by atoms with Crippen LogP contribution in [0.1, 0.15) is 31.5 Å². The number of nitrogens with zero attached hydrogens (tertiary/aromatic N) is 6. The molecule has 0 aliphatic heterocycles. The molecule has 13 nitrogen and oxygen atoms in total. The standard InChI is InChI=1S/C23H27ClN8O5S/c1-6-37-20(21-25-11-15(24)12-26-21)14(3)38(33,34)31-23-30-29-22(16-10-13(2)27-28-16)32(23)19-17(35-4)8-7-9-18(19)36-5/h7-12,14,20H,6H2,1-5H3,(H,27,28)(H,30,31)/t14-,20-/m0/s1. The number of para-hydroxylation sites is 1. The molecular weight excluding hydrogens is 536 g/mol. The van der Waals surface area contributed by atoms with E-state index in [1.165, 1.54) is 38.1 Å². The van der Waals surface area contributed by atoms with Gasteiger partial charge in [0.2, 0.25) is 16.0 Å². The van der Waals surface area contributed by atoms with Crippen LogP contribution in [0, 0.1) is 6.92 Å². The molecule has 0 amide bonds. The third-order valence-electron chi connectivity index (χ3n) is 5.63. The van der Waals surface area contributed by atoms with Crippen LogP contribution in [0.15, 0.2) is 36.7 Å². The lowest BCUT2D eigenvalue weighted by Gasteiger charge is -2.23. The zero-order chi connectivity index (χ0) is 27.4. The highest BCUT2D eigenvalue weighted by atomic mass is 35.5. The van der Waals surface area contributed by atoms with E-state index in [9.17, 15) is 8.42 Å². The van der Waals surface area contributed by atoms with E-state index in [-0.39, 0.29) is 24.2 Å². The molecule has 2 atom stereocenters. The second kappa shape index (κ2) is 11.3. The number of methoxy groups -OCH3 is 2. The van der Waals surface area contributed by atoms with Gasteiger partial charge in [0.05, 0.1) is 24.9 Å². The largest absolute Gasteiger partial charge is 0.494 e. The molecule has 0 saturated carbocycles. The minimum Gasteiger partial charge on any atom is -0.494 e. The Morgan fingerprint density at radius 2 is 1.79 bits per heavy atom. The van der Waals surface area contributed by atoms with Crippen molar-refractivity contribution < 1.29 is 22.6 Å². The van der Waals surface area contributed by atoms with Crippen LogP contribution in [0.2, 0.25) is 5.02 Å². The predicted octanol–water partition coefficient (Wildman–Crippen LogP) is 3.33. The number of hydrogen-bond donors (Lipinski definition) is 2. The Labute approximate surface area is 224 Å². The minimum absolute atomic E-state index is 0.103. The molecule has 0 saturated heterocycles. The van der Waals surface area contributed by atoms with Crippen molar-refractivity contribution in [1.29, 1.82) is 0 Å². The number of anilines is 1. The van der Waals surface area contributed by atoms with Gasteiger partial charge in [0.15, 0.2) is 11.6 Å². The third kappa shape index (κ3) is 5.42. The summed E-state index contributed by atoms with van der Waals surface area (Å²) in [6, 6.07) is 6.93. The van der Waals surface area contributed by atoms with Gasteiger partial charge in [-0.25, -0.2) is 18.4 Å². The topological polar surface area (TPSA) is 159 Å². The van der Waals surface area contributed by atoms with E-state index in [4.69, 9.17) is 25.8 Å². The smallest absolute Gasteiger partial charge is 0.243 e. The highest BCUT2D eigenvalue weighted by Gasteiger charge is 2.35. The van der Waals surface area contributed by atoms with Crippen molar-refractivity contribution in [2.45, 2.75) is 32.1 Å². The van der Waals surface area contributed by atoms with E-state index in [1.807, 2.05) is 6.92 Å². The number of hydrogen-bond acceptors (Lipinski definition) is 10. The maximum absolute atomic E-state index is 13.7. The fraction of sp³-hybridized carbons (Fsp3) is 0.348. The first kappa shape index (κ1) is 27.3. The Hall–Kier alpha value is -3.75. The molecule has 0 fully saturated rings. The van der Waals surface area contributed by atoms with Gasteiger partial charge in [-0.15, -0.1) is 10.2 Å². The van der Waals surface area contributed by atoms with E-state index < -0.39 is 21.4 Å². The highest BCUT2D eigenvalue weighted by Crippen LogP contribution is 2.38. The lowest BCUT2D eigenvalue weighted by Crippen LogP contribution is -2.34. The summed E-state index contributed by atoms with van der Waals surface area (Å²) in [4.78, 5) is 8.32. The molecule has 3 aromatic heterocycles. The first-order chi connectivity index (χ1) is 18.2. The zero-order valence-electron chi connectivity index (χ0n) is 21.3. The Bertz CT molecular complexity index is 1480. The summed E-state index contributed by atoms with van der Waals surface area (Å²) >= 11 is 5.91. The number of aryl methyl sites for hydroxylation is 1. The van der Waals surface area contributed by atoms with E-state index in [2.05, 4.69) is 35.1 Å². The quantitative estimate of drug-likeness (QED) is 0.277. The molecule has 3 heterocycles. The lowest BCUT2D eigenvalue weighted by molar-refractivity contribution is 0.0558. The Morgan fingerprint density at radius 3 is 2.34 bits per heavy atom. The van der Waals surface area contributed by atoms with Crippen LogP contribution in [0.5, 0.6) is 11.5 Å². The molecule has 4 rings (SSSR count). The van der Waals surface area contributed by atoms with Crippen molar-refractivity contribution >= 4 is 27.6 Å². The second-order valence-corrected chi connectivity index (χ2v) is 10.6. The zero-order valence-corrected chi connectivity index (χ0v) is 22.9. The van der Waals surface area contributed by atoms with Gasteiger partial charge in [-0.3, -0.25) is 14.4 Å². The fourth-order valence-corrected chi connectivity index (χ4v) is 4.97. The molecule has 0 aliphatic carbocycles. The van der Waals surface area contributed by atoms with Gasteiger partial charge in [0.1, 0.15) is 34.2 Å². The molecule has 202 valence electrons. The van der Waals surface area contributed by atoms with Gasteiger partial charge < -0.3 is 14.2 Å². The van der Waals surface area contributed by atoms with Gasteiger partial charge in [-0.2, -0.15) is 5.10 Å². The van der Waals surface area contributed by atoms with Crippen LogP contribution in [0.4, 0.5) is 5.95 Å². The summed E-state index contributed by atoms with van der Waals surface area (Å²) in [5.74, 6) is 1.15. The van der Waals surface area contributed by atoms with Gasteiger partial charge >= 0.3 is 0 Å². The summed E-state index contributed by atoms with van der Waals surface area (Å²) < 4.78 is 48.3. The molecule has 0 aliphatic rings. The SMILES string of the molecule is CCO[C@H](c1ncc(Cl)cn1)[C@H](C)S(=O)(=O)Nc1nnc(-c2cc(C)n[nH]2)n1-c1c(OC)cccc1OC. The van der Waals surface area contributed by atoms with Crippen LogP contribution in [-0.2, 0) is 14.8 Å². The van der Waals surface area contributed by atoms with Crippen molar-refractivity contribution in [3.63, 3.8) is 0 Å². The average molecular weight is 563 g/mol. The monoisotopic (exact) mass is 562 g/mol. The number of aromatic amines is 1. The van der Waals surface area contributed by atoms with Crippen molar-refractivity contribution in [1.82, 2.24) is 34.9 Å². The van der Waals surface area contributed by atoms with E-state index in [1.54, 1.807) is 31.2 Å². The first-order valence-corrected chi connectivity index (χ1v) is 13.4. The molecule has 38 heavy (non-hydrogen) atoms. The number of halogens is 1. The summed E-state index contributed by atoms with van der Waals surface area (Å²) in [5, 5.41) is 14.6. The van der Waals surface area contributed by atoms with E-state index in [0.717, 1.165) is 0 Å². The van der Waals surface area contributed by atoms with Gasteiger partial charge in [-0.1, -0.05) is 17.7 Å². The number of ether oxygens (including phenoxy) is 3. The van der Waals surface area contributed by atoms with Crippen molar-refractivity contribution in [3.05, 3.63) is 53.2 Å². The maximum Gasteiger partial charge on any atom is 0.243 e. The summed E-state index contributed by atoms with van der Waals surface area (Å²) in [6.07, 6.45) is 1.78. The number of rotatable bonds is 11. The molecule has 0 bridgehead atoms. The van der Waals surface area contributed by atoms with Crippen LogP contribution in [0.25, 0.3) is 17.2 Å². The van der Waals surface area contributed by atoms with E-state index in [0.29, 0.717) is 33.6 Å². The van der Waals surface area contributed by atoms with Crippen molar-refractivity contribution in [2.75, 3.05) is 25.5 Å². The number of nitrogens with one attached hydrogen (secondary N) is 2. The van der Waals surface area contributed by atoms with Crippen LogP contribution in [-0.4, -0.2) is 69.4 Å². The van der Waals surface area contributed by atoms with Gasteiger partial charge in [0.25, 0.3) is 0 Å². The molecular formula is C23H27ClN8O5S. The predicted molar refractivity (Wildman–Crippen MR) is 140 cm³/mol. The van der Waals surface area contributed by atoms with Crippen LogP contribution >= 0.6 is 11.6 Å². The molecule has 2 N–H and O–H groups in total. The molecule has 4 aromatic rings. The Balaban J connectivity index is 1.82. The minimum atomic E-state index is -4.15. The average Bonchev–Trinajstić information content (AvgIpc) is 3.52. The van der Waals surface area contributed by atoms with Crippen LogP contribution in [0.3, 0.4) is 0 Å². The van der Waals surface area contributed by atoms with Crippen molar-refractivity contribution in [3.8, 4) is 28.7 Å². The highest BCUT2D eigenvalue weighted by molar-refractivity contribution is 7.93. The Morgan fingerprint density at radius 1 is 1.13 bits per heavy atom. The molecule has 0 spiro atoms. The molecule has 1 aromatic carbocycles.